The number of nitrogens with one attached hydrogen (secondary N) is 3. The molecule has 0 aliphatic heterocycles. The molecule has 18 heavy (non-hydrogen) atoms. The van der Waals surface area contributed by atoms with Gasteiger partial charge in [-0.2, -0.15) is 5.10 Å². The molecule has 0 bridgehead atoms. The summed E-state index contributed by atoms with van der Waals surface area (Å²) in [5.41, 5.74) is 1.92. The predicted molar refractivity (Wildman–Crippen MR) is 67.9 cm³/mol. The molecule has 8 heteroatoms. The second-order valence-corrected chi connectivity index (χ2v) is 5.92. The molecule has 1 aromatic rings. The molecule has 1 amide bonds. The third kappa shape index (κ3) is 4.46. The van der Waals surface area contributed by atoms with Crippen LogP contribution in [0.3, 0.4) is 0 Å². The molecule has 0 atom stereocenters. The number of carbonyl (C=O) groups is 1. The van der Waals surface area contributed by atoms with Crippen LogP contribution in [0.2, 0.25) is 0 Å². The van der Waals surface area contributed by atoms with Crippen molar-refractivity contribution in [1.29, 1.82) is 0 Å². The van der Waals surface area contributed by atoms with E-state index < -0.39 is 10.0 Å². The Balaban J connectivity index is 2.35. The van der Waals surface area contributed by atoms with Crippen LogP contribution in [0.25, 0.3) is 0 Å². The van der Waals surface area contributed by atoms with Crippen molar-refractivity contribution >= 4 is 15.9 Å². The minimum Gasteiger partial charge on any atom is -0.352 e. The topological polar surface area (TPSA) is 104 Å². The van der Waals surface area contributed by atoms with Crippen molar-refractivity contribution in [3.63, 3.8) is 0 Å². The quantitative estimate of drug-likeness (QED) is 0.619. The van der Waals surface area contributed by atoms with Crippen LogP contribution in [-0.2, 0) is 10.0 Å². The first-order chi connectivity index (χ1) is 8.31. The van der Waals surface area contributed by atoms with Crippen molar-refractivity contribution in [1.82, 2.24) is 20.2 Å². The number of sulfonamides is 1. The van der Waals surface area contributed by atoms with Crippen LogP contribution in [0.5, 0.6) is 0 Å². The van der Waals surface area contributed by atoms with Gasteiger partial charge in [0.2, 0.25) is 10.0 Å². The van der Waals surface area contributed by atoms with Gasteiger partial charge in [0.05, 0.1) is 17.5 Å². The first-order valence-corrected chi connectivity index (χ1v) is 7.45. The monoisotopic (exact) mass is 274 g/mol. The summed E-state index contributed by atoms with van der Waals surface area (Å²) in [7, 11) is -3.16. The number of rotatable bonds is 6. The highest BCUT2D eigenvalue weighted by molar-refractivity contribution is 7.88. The molecule has 0 spiro atoms. The maximum absolute atomic E-state index is 11.8. The molecule has 1 rings (SSSR count). The Hall–Kier alpha value is -1.41. The Morgan fingerprint density at radius 2 is 2.00 bits per heavy atom. The average molecular weight is 274 g/mol. The van der Waals surface area contributed by atoms with Crippen LogP contribution >= 0.6 is 0 Å². The molecule has 7 nitrogen and oxygen atoms in total. The summed E-state index contributed by atoms with van der Waals surface area (Å²) >= 11 is 0. The first kappa shape index (κ1) is 14.7. The van der Waals surface area contributed by atoms with Gasteiger partial charge in [-0.1, -0.05) is 0 Å². The fourth-order valence-electron chi connectivity index (χ4n) is 1.52. The minimum atomic E-state index is -3.16. The first-order valence-electron chi connectivity index (χ1n) is 5.55. The van der Waals surface area contributed by atoms with Crippen LogP contribution in [-0.4, -0.2) is 43.9 Å². The van der Waals surface area contributed by atoms with Crippen molar-refractivity contribution in [2.24, 2.45) is 0 Å². The largest absolute Gasteiger partial charge is 0.352 e. The number of aryl methyl sites for hydroxylation is 2. The molecule has 0 unspecified atom stereocenters. The third-order valence-electron chi connectivity index (χ3n) is 2.36. The van der Waals surface area contributed by atoms with Crippen molar-refractivity contribution in [3.05, 3.63) is 17.0 Å². The van der Waals surface area contributed by atoms with E-state index >= 15 is 0 Å². The molecular weight excluding hydrogens is 256 g/mol. The van der Waals surface area contributed by atoms with E-state index in [-0.39, 0.29) is 5.91 Å². The van der Waals surface area contributed by atoms with Crippen molar-refractivity contribution in [2.45, 2.75) is 20.3 Å². The smallest absolute Gasteiger partial charge is 0.255 e. The Morgan fingerprint density at radius 3 is 2.50 bits per heavy atom. The highest BCUT2D eigenvalue weighted by Crippen LogP contribution is 2.08. The molecule has 1 heterocycles. The number of H-pyrrole nitrogens is 1. The van der Waals surface area contributed by atoms with Gasteiger partial charge >= 0.3 is 0 Å². The Labute approximate surface area is 106 Å². The lowest BCUT2D eigenvalue weighted by Crippen LogP contribution is -2.29. The molecule has 0 saturated heterocycles. The van der Waals surface area contributed by atoms with Crippen LogP contribution in [0.4, 0.5) is 0 Å². The molecule has 0 radical (unpaired) electrons. The predicted octanol–water partition coefficient (Wildman–Crippen LogP) is -0.304. The average Bonchev–Trinajstić information content (AvgIpc) is 2.56. The SMILES string of the molecule is Cc1n[nH]c(C)c1C(=O)NCCCNS(C)(=O)=O. The Morgan fingerprint density at radius 1 is 1.33 bits per heavy atom. The summed E-state index contributed by atoms with van der Waals surface area (Å²) < 4.78 is 23.9. The van der Waals surface area contributed by atoms with Crippen LogP contribution in [0.1, 0.15) is 28.2 Å². The third-order valence-corrected chi connectivity index (χ3v) is 3.09. The summed E-state index contributed by atoms with van der Waals surface area (Å²) in [4.78, 5) is 11.8. The lowest BCUT2D eigenvalue weighted by atomic mass is 10.2. The number of aromatic amines is 1. The van der Waals surface area contributed by atoms with Crippen molar-refractivity contribution in [3.8, 4) is 0 Å². The Bertz CT molecular complexity index is 502. The van der Waals surface area contributed by atoms with Crippen molar-refractivity contribution < 1.29 is 13.2 Å². The lowest BCUT2D eigenvalue weighted by molar-refractivity contribution is 0.0952. The van der Waals surface area contributed by atoms with Crippen LogP contribution < -0.4 is 10.0 Å². The highest BCUT2D eigenvalue weighted by atomic mass is 32.2. The van der Waals surface area contributed by atoms with E-state index in [1.165, 1.54) is 0 Å². The molecule has 0 aliphatic carbocycles. The van der Waals surface area contributed by atoms with Gasteiger partial charge in [0, 0.05) is 18.8 Å². The van der Waals surface area contributed by atoms with E-state index in [0.29, 0.717) is 30.8 Å². The second kappa shape index (κ2) is 5.96. The second-order valence-electron chi connectivity index (χ2n) is 4.08. The number of aromatic nitrogens is 2. The number of nitrogens with zero attached hydrogens (tertiary/aromatic N) is 1. The summed E-state index contributed by atoms with van der Waals surface area (Å²) in [6.45, 7) is 4.25. The molecule has 0 aliphatic rings. The number of hydrogen-bond acceptors (Lipinski definition) is 4. The molecule has 1 aromatic heterocycles. The van der Waals surface area contributed by atoms with Gasteiger partial charge in [-0.15, -0.1) is 0 Å². The number of carbonyl (C=O) groups excluding carboxylic acids is 1. The highest BCUT2D eigenvalue weighted by Gasteiger charge is 2.14. The van der Waals surface area contributed by atoms with Gasteiger partial charge in [0.15, 0.2) is 0 Å². The standard InChI is InChI=1S/C10H18N4O3S/c1-7-9(8(2)14-13-7)10(15)11-5-4-6-12-18(3,16)17/h12H,4-6H2,1-3H3,(H,11,15)(H,13,14). The lowest BCUT2D eigenvalue weighted by Gasteiger charge is -2.05. The van der Waals surface area contributed by atoms with E-state index in [0.717, 1.165) is 11.9 Å². The van der Waals surface area contributed by atoms with E-state index in [2.05, 4.69) is 20.2 Å². The summed E-state index contributed by atoms with van der Waals surface area (Å²) in [5, 5.41) is 9.39. The maximum Gasteiger partial charge on any atom is 0.255 e. The van der Waals surface area contributed by atoms with E-state index in [4.69, 9.17) is 0 Å². The Kier molecular flexibility index (Phi) is 4.85. The van der Waals surface area contributed by atoms with E-state index in [9.17, 15) is 13.2 Å². The van der Waals surface area contributed by atoms with Crippen molar-refractivity contribution in [2.75, 3.05) is 19.3 Å². The molecule has 0 saturated carbocycles. The fraction of sp³-hybridized carbons (Fsp3) is 0.600. The van der Waals surface area contributed by atoms with Gasteiger partial charge in [0.1, 0.15) is 0 Å². The summed E-state index contributed by atoms with van der Waals surface area (Å²) in [5.74, 6) is -0.196. The number of hydrogen-bond donors (Lipinski definition) is 3. The van der Waals surface area contributed by atoms with Gasteiger partial charge in [-0.25, -0.2) is 13.1 Å². The molecule has 102 valence electrons. The van der Waals surface area contributed by atoms with Gasteiger partial charge in [0.25, 0.3) is 5.91 Å². The fourth-order valence-corrected chi connectivity index (χ4v) is 2.04. The van der Waals surface area contributed by atoms with E-state index in [1.54, 1.807) is 13.8 Å². The van der Waals surface area contributed by atoms with Gasteiger partial charge in [-0.05, 0) is 20.3 Å². The van der Waals surface area contributed by atoms with Gasteiger partial charge in [-0.3, -0.25) is 9.89 Å². The van der Waals surface area contributed by atoms with Gasteiger partial charge < -0.3 is 5.32 Å². The normalized spacial score (nSPS) is 11.5. The zero-order valence-electron chi connectivity index (χ0n) is 10.7. The van der Waals surface area contributed by atoms with Crippen LogP contribution in [0, 0.1) is 13.8 Å². The maximum atomic E-state index is 11.8. The molecule has 0 aromatic carbocycles. The zero-order valence-corrected chi connectivity index (χ0v) is 11.5. The molecule has 0 fully saturated rings. The van der Waals surface area contributed by atoms with E-state index in [1.807, 2.05) is 0 Å². The van der Waals surface area contributed by atoms with Crippen LogP contribution in [0.15, 0.2) is 0 Å². The zero-order chi connectivity index (χ0) is 13.8. The minimum absolute atomic E-state index is 0.196. The molecule has 3 N–H and O–H groups in total. The molecular formula is C10H18N4O3S. The summed E-state index contributed by atoms with van der Waals surface area (Å²) in [6.07, 6.45) is 1.64. The summed E-state index contributed by atoms with van der Waals surface area (Å²) in [6, 6.07) is 0. The number of amides is 1.